The van der Waals surface area contributed by atoms with Crippen molar-refractivity contribution in [2.24, 2.45) is 10.2 Å². The molecule has 0 amide bonds. The minimum atomic E-state index is 0.240. The molecule has 0 saturated heterocycles. The van der Waals surface area contributed by atoms with Gasteiger partial charge in [-0.15, -0.1) is 0 Å². The normalized spacial score (nSPS) is 11.0. The molecule has 0 unspecified atom stereocenters. The first-order valence-corrected chi connectivity index (χ1v) is 11.0. The van der Waals surface area contributed by atoms with Crippen LogP contribution in [0.1, 0.15) is 30.4 Å². The largest absolute Gasteiger partial charge is 0.457 e. The Hall–Kier alpha value is -4.90. The summed E-state index contributed by atoms with van der Waals surface area (Å²) in [6.07, 6.45) is 0.947. The monoisotopic (exact) mass is 462 g/mol. The maximum Gasteiger partial charge on any atom is 0.127 e. The van der Waals surface area contributed by atoms with Gasteiger partial charge in [0.1, 0.15) is 23.0 Å². The Kier molecular flexibility index (Phi) is 7.51. The van der Waals surface area contributed by atoms with Gasteiger partial charge in [0.05, 0.1) is 0 Å². The van der Waals surface area contributed by atoms with Crippen LogP contribution in [-0.4, -0.2) is 0 Å². The molecule has 0 aliphatic rings. The molecule has 0 saturated carbocycles. The van der Waals surface area contributed by atoms with Crippen molar-refractivity contribution in [2.75, 3.05) is 0 Å². The summed E-state index contributed by atoms with van der Waals surface area (Å²) >= 11 is 0. The Bertz CT molecular complexity index is 1250. The van der Waals surface area contributed by atoms with Gasteiger partial charge in [0.15, 0.2) is 0 Å². The van der Waals surface area contributed by atoms with E-state index < -0.39 is 0 Å². The fraction of sp³-hybridized carbons (Fsp3) is 0.111. The first-order valence-electron chi connectivity index (χ1n) is 11.0. The zero-order chi connectivity index (χ0) is 24.5. The number of benzene rings is 4. The second-order valence-corrected chi connectivity index (χ2v) is 7.67. The van der Waals surface area contributed by atoms with Crippen LogP contribution in [0.2, 0.25) is 0 Å². The van der Waals surface area contributed by atoms with Gasteiger partial charge < -0.3 is 9.47 Å². The molecular weight excluding hydrogens is 440 g/mol. The molecule has 0 aliphatic heterocycles. The Morgan fingerprint density at radius 2 is 0.886 bits per heavy atom. The molecule has 4 aromatic carbocycles. The fourth-order valence-corrected chi connectivity index (χ4v) is 3.74. The van der Waals surface area contributed by atoms with E-state index in [9.17, 15) is 0 Å². The van der Waals surface area contributed by atoms with Crippen LogP contribution in [0.5, 0.6) is 23.0 Å². The molecule has 0 aromatic heterocycles. The Labute approximate surface area is 202 Å². The summed E-state index contributed by atoms with van der Waals surface area (Å²) in [6.45, 7) is 2.16. The van der Waals surface area contributed by atoms with Crippen molar-refractivity contribution in [1.29, 1.82) is 0 Å². The molecule has 8 nitrogen and oxygen atoms in total. The van der Waals surface area contributed by atoms with Crippen molar-refractivity contribution in [1.82, 2.24) is 0 Å². The van der Waals surface area contributed by atoms with E-state index in [0.717, 1.165) is 17.9 Å². The Morgan fingerprint density at radius 1 is 0.571 bits per heavy atom. The molecule has 172 valence electrons. The lowest BCUT2D eigenvalue weighted by atomic mass is 9.89. The molecule has 0 bridgehead atoms. The maximum atomic E-state index is 8.50. The molecule has 0 heterocycles. The lowest BCUT2D eigenvalue weighted by molar-refractivity contribution is 0.482. The third-order valence-electron chi connectivity index (χ3n) is 5.44. The highest BCUT2D eigenvalue weighted by atomic mass is 16.5. The molecule has 0 fully saturated rings. The summed E-state index contributed by atoms with van der Waals surface area (Å²) in [5.41, 5.74) is 20.5. The third kappa shape index (κ3) is 6.12. The Morgan fingerprint density at radius 3 is 1.17 bits per heavy atom. The summed E-state index contributed by atoms with van der Waals surface area (Å²) in [6, 6.07) is 30.0. The summed E-state index contributed by atoms with van der Waals surface area (Å²) in [4.78, 5) is 5.55. The van der Waals surface area contributed by atoms with Crippen molar-refractivity contribution in [3.63, 3.8) is 0 Å². The van der Waals surface area contributed by atoms with Crippen molar-refractivity contribution in [3.05, 3.63) is 129 Å². The predicted molar refractivity (Wildman–Crippen MR) is 136 cm³/mol. The van der Waals surface area contributed by atoms with E-state index in [2.05, 4.69) is 51.2 Å². The van der Waals surface area contributed by atoms with Gasteiger partial charge in [-0.2, -0.15) is 0 Å². The average Bonchev–Trinajstić information content (AvgIpc) is 2.89. The van der Waals surface area contributed by atoms with Crippen LogP contribution in [0.15, 0.2) is 107 Å². The van der Waals surface area contributed by atoms with Crippen LogP contribution in [0, 0.1) is 0 Å². The van der Waals surface area contributed by atoms with Crippen molar-refractivity contribution < 1.29 is 9.47 Å². The zero-order valence-corrected chi connectivity index (χ0v) is 19.0. The minimum Gasteiger partial charge on any atom is -0.457 e. The number of ether oxygens (including phenoxy) is 2. The van der Waals surface area contributed by atoms with Crippen molar-refractivity contribution in [3.8, 4) is 23.0 Å². The molecule has 0 atom stereocenters. The topological polar surface area (TPSA) is 116 Å². The van der Waals surface area contributed by atoms with Crippen molar-refractivity contribution in [2.45, 2.75) is 19.3 Å². The van der Waals surface area contributed by atoms with E-state index in [1.807, 2.05) is 24.3 Å². The minimum absolute atomic E-state index is 0.240. The summed E-state index contributed by atoms with van der Waals surface area (Å²) in [7, 11) is 0. The number of azide groups is 2. The Balaban J connectivity index is 1.42. The highest BCUT2D eigenvalue weighted by Gasteiger charge is 2.13. The number of hydrogen-bond acceptors (Lipinski definition) is 4. The molecule has 0 radical (unpaired) electrons. The van der Waals surface area contributed by atoms with Gasteiger partial charge in [-0.1, -0.05) is 41.4 Å². The maximum absolute atomic E-state index is 8.50. The highest BCUT2D eigenvalue weighted by molar-refractivity contribution is 5.45. The van der Waals surface area contributed by atoms with E-state index in [0.29, 0.717) is 22.9 Å². The van der Waals surface area contributed by atoms with Crippen LogP contribution >= 0.6 is 0 Å². The van der Waals surface area contributed by atoms with Crippen LogP contribution in [0.4, 0.5) is 11.4 Å². The van der Waals surface area contributed by atoms with Crippen molar-refractivity contribution >= 4 is 11.4 Å². The molecule has 4 rings (SSSR count). The molecule has 0 spiro atoms. The zero-order valence-electron chi connectivity index (χ0n) is 19.0. The van der Waals surface area contributed by atoms with Gasteiger partial charge in [0.2, 0.25) is 0 Å². The molecular formula is C27H22N6O2. The average molecular weight is 463 g/mol. The molecule has 4 aromatic rings. The third-order valence-corrected chi connectivity index (χ3v) is 5.44. The van der Waals surface area contributed by atoms with E-state index in [4.69, 9.17) is 20.5 Å². The van der Waals surface area contributed by atoms with Gasteiger partial charge in [0, 0.05) is 27.1 Å². The summed E-state index contributed by atoms with van der Waals surface area (Å²) in [5, 5.41) is 7.13. The van der Waals surface area contributed by atoms with Gasteiger partial charge in [-0.05, 0) is 101 Å². The quantitative estimate of drug-likeness (QED) is 0.140. The van der Waals surface area contributed by atoms with Gasteiger partial charge in [-0.3, -0.25) is 0 Å². The fourth-order valence-electron chi connectivity index (χ4n) is 3.74. The summed E-state index contributed by atoms with van der Waals surface area (Å²) in [5.74, 6) is 3.05. The van der Waals surface area contributed by atoms with Crippen LogP contribution in [0.3, 0.4) is 0 Å². The lowest BCUT2D eigenvalue weighted by Crippen LogP contribution is -1.99. The first-order chi connectivity index (χ1) is 17.2. The number of nitrogens with zero attached hydrogens (tertiary/aromatic N) is 6. The lowest BCUT2D eigenvalue weighted by Gasteiger charge is -2.17. The SMILES string of the molecule is CCC(c1ccc(Oc2ccc(N=[N+]=[N-])cc2)cc1)c1ccc(Oc2ccc(N=[N+]=[N-])cc2)cc1. The summed E-state index contributed by atoms with van der Waals surface area (Å²) < 4.78 is 11.8. The van der Waals surface area contributed by atoms with E-state index >= 15 is 0 Å². The van der Waals surface area contributed by atoms with Crippen LogP contribution in [-0.2, 0) is 0 Å². The second-order valence-electron chi connectivity index (χ2n) is 7.67. The van der Waals surface area contributed by atoms with E-state index in [1.54, 1.807) is 48.5 Å². The standard InChI is InChI=1S/C27H22N6O2/c1-2-27(19-3-11-23(12-4-19)34-25-15-7-21(8-16-25)30-32-28)20-5-13-24(14-6-20)35-26-17-9-22(10-18-26)31-33-29/h3-18,27H,2H2,1H3. The smallest absolute Gasteiger partial charge is 0.127 e. The van der Waals surface area contributed by atoms with Gasteiger partial charge >= 0.3 is 0 Å². The molecule has 0 N–H and O–H groups in total. The molecule has 35 heavy (non-hydrogen) atoms. The molecule has 8 heteroatoms. The second kappa shape index (κ2) is 11.3. The van der Waals surface area contributed by atoms with E-state index in [1.165, 1.54) is 11.1 Å². The number of hydrogen-bond donors (Lipinski definition) is 0. The first kappa shape index (κ1) is 23.3. The predicted octanol–water partition coefficient (Wildman–Crippen LogP) is 9.70. The highest BCUT2D eigenvalue weighted by Crippen LogP contribution is 2.32. The van der Waals surface area contributed by atoms with Gasteiger partial charge in [0.25, 0.3) is 0 Å². The number of rotatable bonds is 9. The van der Waals surface area contributed by atoms with Crippen LogP contribution in [0.25, 0.3) is 20.9 Å². The molecule has 0 aliphatic carbocycles. The van der Waals surface area contributed by atoms with E-state index in [-0.39, 0.29) is 5.92 Å². The van der Waals surface area contributed by atoms with Crippen LogP contribution < -0.4 is 9.47 Å². The van der Waals surface area contributed by atoms with Gasteiger partial charge in [-0.25, -0.2) is 0 Å².